The molecule has 0 amide bonds. The average Bonchev–Trinajstić information content (AvgIpc) is 3.77. The van der Waals surface area contributed by atoms with Gasteiger partial charge in [-0.1, -0.05) is 152 Å². The molecular formula is C53H33NS. The van der Waals surface area contributed by atoms with Gasteiger partial charge in [0.1, 0.15) is 0 Å². The molecule has 0 aliphatic heterocycles. The van der Waals surface area contributed by atoms with E-state index in [0.717, 1.165) is 17.1 Å². The fraction of sp³-hybridized carbons (Fsp3) is 0.0189. The second-order valence-corrected chi connectivity index (χ2v) is 15.9. The lowest BCUT2D eigenvalue weighted by Crippen LogP contribution is -2.32. The molecule has 1 heterocycles. The Hall–Kier alpha value is -6.74. The summed E-state index contributed by atoms with van der Waals surface area (Å²) in [5.41, 5.74) is 16.0. The van der Waals surface area contributed by atoms with Crippen LogP contribution in [0.25, 0.3) is 64.3 Å². The van der Waals surface area contributed by atoms with Crippen LogP contribution in [-0.2, 0) is 5.41 Å². The zero-order valence-corrected chi connectivity index (χ0v) is 30.7. The molecule has 12 rings (SSSR count). The second-order valence-electron chi connectivity index (χ2n) is 14.8. The number of anilines is 3. The molecule has 2 aliphatic carbocycles. The van der Waals surface area contributed by atoms with Gasteiger partial charge in [-0.2, -0.15) is 0 Å². The molecule has 0 radical (unpaired) electrons. The zero-order valence-electron chi connectivity index (χ0n) is 29.9. The first-order chi connectivity index (χ1) is 27.3. The highest BCUT2D eigenvalue weighted by Gasteiger charge is 2.50. The van der Waals surface area contributed by atoms with Crippen LogP contribution < -0.4 is 4.90 Å². The molecule has 1 atom stereocenters. The van der Waals surface area contributed by atoms with Gasteiger partial charge in [-0.3, -0.25) is 0 Å². The highest BCUT2D eigenvalue weighted by atomic mass is 32.1. The van der Waals surface area contributed by atoms with Crippen LogP contribution in [0.1, 0.15) is 22.3 Å². The first-order valence-electron chi connectivity index (χ1n) is 19.0. The molecule has 1 spiro atoms. The minimum atomic E-state index is -0.518. The highest BCUT2D eigenvalue weighted by molar-refractivity contribution is 7.25. The van der Waals surface area contributed by atoms with E-state index in [1.165, 1.54) is 86.6 Å². The lowest BCUT2D eigenvalue weighted by Gasteiger charge is -2.40. The van der Waals surface area contributed by atoms with Gasteiger partial charge in [-0.05, 0) is 115 Å². The van der Waals surface area contributed by atoms with Crippen LogP contribution in [0.15, 0.2) is 200 Å². The van der Waals surface area contributed by atoms with Crippen LogP contribution in [-0.4, -0.2) is 0 Å². The van der Waals surface area contributed by atoms with Crippen LogP contribution in [0.3, 0.4) is 0 Å². The smallest absolute Gasteiger partial charge is 0.0726 e. The van der Waals surface area contributed by atoms with E-state index in [1.807, 2.05) is 11.3 Å². The number of benzene rings is 9. The van der Waals surface area contributed by atoms with Gasteiger partial charge in [-0.15, -0.1) is 11.3 Å². The van der Waals surface area contributed by atoms with Crippen LogP contribution in [0.5, 0.6) is 0 Å². The van der Waals surface area contributed by atoms with Crippen molar-refractivity contribution < 1.29 is 0 Å². The quantitative estimate of drug-likeness (QED) is 0.175. The van der Waals surface area contributed by atoms with Gasteiger partial charge < -0.3 is 4.90 Å². The summed E-state index contributed by atoms with van der Waals surface area (Å²) in [7, 11) is 0. The van der Waals surface area contributed by atoms with Crippen molar-refractivity contribution in [3.05, 3.63) is 222 Å². The summed E-state index contributed by atoms with van der Waals surface area (Å²) in [5.74, 6) is 0. The predicted molar refractivity (Wildman–Crippen MR) is 233 cm³/mol. The van der Waals surface area contributed by atoms with Crippen molar-refractivity contribution in [2.45, 2.75) is 5.41 Å². The number of rotatable bonds is 4. The summed E-state index contributed by atoms with van der Waals surface area (Å²) in [6.45, 7) is 0. The van der Waals surface area contributed by atoms with Crippen molar-refractivity contribution in [2.75, 3.05) is 4.90 Å². The number of fused-ring (bicyclic) bond motifs is 12. The molecule has 0 saturated carbocycles. The minimum Gasteiger partial charge on any atom is -0.310 e. The van der Waals surface area contributed by atoms with Crippen molar-refractivity contribution in [3.63, 3.8) is 0 Å². The van der Waals surface area contributed by atoms with Crippen molar-refractivity contribution >= 4 is 59.3 Å². The standard InChI is InChI=1S/C53H33NS/c1-3-14-34(15-4-1)38-29-30-44-40-19-8-11-23-47(40)53(48-24-13-21-43(38)52(44)48)46-22-10-7-18-39(46)41-28-26-37(33-49(41)53)54(35-16-5-2-6-17-35)36-27-31-51-45(32-36)42-20-9-12-25-50(42)55-51/h1-33H. The molecule has 0 saturated heterocycles. The Labute approximate surface area is 324 Å². The molecular weight excluding hydrogens is 683 g/mol. The molecule has 2 aliphatic rings. The van der Waals surface area contributed by atoms with Gasteiger partial charge >= 0.3 is 0 Å². The highest BCUT2D eigenvalue weighted by Crippen LogP contribution is 2.63. The predicted octanol–water partition coefficient (Wildman–Crippen LogP) is 14.7. The largest absolute Gasteiger partial charge is 0.310 e. The van der Waals surface area contributed by atoms with E-state index in [4.69, 9.17) is 0 Å². The van der Waals surface area contributed by atoms with Crippen molar-refractivity contribution in [1.82, 2.24) is 0 Å². The third-order valence-corrected chi connectivity index (χ3v) is 13.2. The molecule has 1 aromatic heterocycles. The van der Waals surface area contributed by atoms with E-state index in [0.29, 0.717) is 0 Å². The molecule has 10 aromatic rings. The molecule has 1 unspecified atom stereocenters. The molecule has 2 heteroatoms. The first kappa shape index (κ1) is 30.7. The van der Waals surface area contributed by atoms with Gasteiger partial charge in [0.05, 0.1) is 5.41 Å². The molecule has 1 nitrogen and oxygen atoms in total. The zero-order chi connectivity index (χ0) is 36.1. The maximum atomic E-state index is 2.50. The minimum absolute atomic E-state index is 0.518. The third-order valence-electron chi connectivity index (χ3n) is 12.1. The summed E-state index contributed by atoms with van der Waals surface area (Å²) < 4.78 is 2.63. The maximum Gasteiger partial charge on any atom is 0.0726 e. The Balaban J connectivity index is 1.17. The van der Waals surface area contributed by atoms with E-state index < -0.39 is 5.41 Å². The van der Waals surface area contributed by atoms with Gasteiger partial charge in [-0.25, -0.2) is 0 Å². The summed E-state index contributed by atoms with van der Waals surface area (Å²) in [5, 5.41) is 5.23. The van der Waals surface area contributed by atoms with Crippen molar-refractivity contribution in [3.8, 4) is 33.4 Å². The fourth-order valence-electron chi connectivity index (χ4n) is 9.87. The number of nitrogens with zero attached hydrogens (tertiary/aromatic N) is 1. The summed E-state index contributed by atoms with van der Waals surface area (Å²) in [4.78, 5) is 2.44. The van der Waals surface area contributed by atoms with Crippen LogP contribution in [0, 0.1) is 0 Å². The normalized spacial score (nSPS) is 15.0. The van der Waals surface area contributed by atoms with E-state index in [1.54, 1.807) is 0 Å². The first-order valence-corrected chi connectivity index (χ1v) is 19.8. The maximum absolute atomic E-state index is 2.50. The third kappa shape index (κ3) is 4.23. The Morgan fingerprint density at radius 2 is 0.891 bits per heavy atom. The molecule has 0 fully saturated rings. The molecule has 9 aromatic carbocycles. The van der Waals surface area contributed by atoms with Crippen molar-refractivity contribution in [2.24, 2.45) is 0 Å². The number of thiophene rings is 1. The SMILES string of the molecule is c1ccc(-c2ccc3c4c(cccc24)C2(c4ccccc4-c4ccc(N(c5ccccc5)c5ccc6sc7ccccc7c6c5)cc42)c2ccccc2-3)cc1. The fourth-order valence-corrected chi connectivity index (χ4v) is 11.0. The summed E-state index contributed by atoms with van der Waals surface area (Å²) >= 11 is 1.86. The van der Waals surface area contributed by atoms with Crippen LogP contribution in [0.2, 0.25) is 0 Å². The molecule has 256 valence electrons. The summed E-state index contributed by atoms with van der Waals surface area (Å²) in [6.07, 6.45) is 0. The van der Waals surface area contributed by atoms with Gasteiger partial charge in [0, 0.05) is 37.2 Å². The number of hydrogen-bond donors (Lipinski definition) is 0. The second kappa shape index (κ2) is 11.6. The van der Waals surface area contributed by atoms with Crippen molar-refractivity contribution in [1.29, 1.82) is 0 Å². The van der Waals surface area contributed by atoms with E-state index in [2.05, 4.69) is 205 Å². The lowest BCUT2D eigenvalue weighted by atomic mass is 9.61. The Morgan fingerprint density at radius 1 is 0.327 bits per heavy atom. The van der Waals surface area contributed by atoms with Crippen LogP contribution >= 0.6 is 11.3 Å². The number of para-hydroxylation sites is 1. The van der Waals surface area contributed by atoms with E-state index in [9.17, 15) is 0 Å². The lowest BCUT2D eigenvalue weighted by molar-refractivity contribution is 0.773. The Kier molecular flexibility index (Phi) is 6.49. The monoisotopic (exact) mass is 715 g/mol. The topological polar surface area (TPSA) is 3.24 Å². The Bertz CT molecular complexity index is 3160. The average molecular weight is 716 g/mol. The van der Waals surface area contributed by atoms with Crippen LogP contribution in [0.4, 0.5) is 17.1 Å². The van der Waals surface area contributed by atoms with Gasteiger partial charge in [0.25, 0.3) is 0 Å². The Morgan fingerprint density at radius 3 is 1.71 bits per heavy atom. The molecule has 0 N–H and O–H groups in total. The summed E-state index contributed by atoms with van der Waals surface area (Å²) in [6, 6.07) is 74.6. The van der Waals surface area contributed by atoms with E-state index >= 15 is 0 Å². The van der Waals surface area contributed by atoms with E-state index in [-0.39, 0.29) is 0 Å². The number of hydrogen-bond acceptors (Lipinski definition) is 2. The van der Waals surface area contributed by atoms with Gasteiger partial charge in [0.15, 0.2) is 0 Å². The molecule has 55 heavy (non-hydrogen) atoms. The molecule has 0 bridgehead atoms. The van der Waals surface area contributed by atoms with Gasteiger partial charge in [0.2, 0.25) is 0 Å².